The molecule has 12 rings (SSSR count). The molecule has 0 aliphatic heterocycles. The lowest BCUT2D eigenvalue weighted by atomic mass is 9.80. The number of fused-ring (bicyclic) bond motifs is 13. The molecule has 0 unspecified atom stereocenters. The zero-order valence-electron chi connectivity index (χ0n) is 29.3. The van der Waals surface area contributed by atoms with Crippen molar-refractivity contribution in [3.63, 3.8) is 0 Å². The molecule has 0 fully saturated rings. The second-order valence-electron chi connectivity index (χ2n) is 15.2. The molecule has 1 aliphatic carbocycles. The van der Waals surface area contributed by atoms with Crippen molar-refractivity contribution in [2.45, 2.75) is 19.3 Å². The molecular formula is C51H32OS. The maximum atomic E-state index is 6.29. The van der Waals surface area contributed by atoms with Crippen LogP contribution in [0.15, 0.2) is 162 Å². The highest BCUT2D eigenvalue weighted by Crippen LogP contribution is 2.54. The molecule has 2 aromatic heterocycles. The first-order valence-electron chi connectivity index (χ1n) is 18.4. The first-order chi connectivity index (χ1) is 26.0. The van der Waals surface area contributed by atoms with Crippen LogP contribution in [0.2, 0.25) is 0 Å². The van der Waals surface area contributed by atoms with Gasteiger partial charge in [-0.1, -0.05) is 135 Å². The lowest BCUT2D eigenvalue weighted by Gasteiger charge is -2.23. The molecular weight excluding hydrogens is 661 g/mol. The Kier molecular flexibility index (Phi) is 5.78. The van der Waals surface area contributed by atoms with Gasteiger partial charge >= 0.3 is 0 Å². The SMILES string of the molecule is CC1(C)c2cc(-c3c4ccccc4c(-c4ccc5c(c4)sc4ccccc45)c4ccccc34)ccc2-c2c1ccc1cc3oc4ccccc4c3cc21. The molecule has 53 heavy (non-hydrogen) atoms. The Hall–Kier alpha value is -6.22. The molecule has 2 heterocycles. The summed E-state index contributed by atoms with van der Waals surface area (Å²) in [5.74, 6) is 0. The number of hydrogen-bond acceptors (Lipinski definition) is 2. The van der Waals surface area contributed by atoms with Crippen molar-refractivity contribution in [2.75, 3.05) is 0 Å². The molecule has 0 N–H and O–H groups in total. The van der Waals surface area contributed by atoms with Gasteiger partial charge in [0.25, 0.3) is 0 Å². The minimum atomic E-state index is -0.159. The Labute approximate surface area is 310 Å². The molecule has 248 valence electrons. The van der Waals surface area contributed by atoms with Crippen molar-refractivity contribution >= 4 is 85.8 Å². The molecule has 0 spiro atoms. The predicted octanol–water partition coefficient (Wildman–Crippen LogP) is 15.1. The van der Waals surface area contributed by atoms with Gasteiger partial charge in [0.1, 0.15) is 11.2 Å². The summed E-state index contributed by atoms with van der Waals surface area (Å²) in [6.07, 6.45) is 0. The van der Waals surface area contributed by atoms with E-state index in [0.717, 1.165) is 11.2 Å². The van der Waals surface area contributed by atoms with Crippen LogP contribution >= 0.6 is 11.3 Å². The third kappa shape index (κ3) is 3.96. The Bertz CT molecular complexity index is 3320. The number of furan rings is 1. The summed E-state index contributed by atoms with van der Waals surface area (Å²) in [7, 11) is 0. The topological polar surface area (TPSA) is 13.1 Å². The standard InChI is InChI=1S/C51H32OS/c1-51(2)42-24-21-29-26-45-41(32-11-7-9-17-44(32)52-45)28-40(29)50(42)39-23-20-30(25-43(39)51)48-35-13-3-5-15-37(35)49(38-16-6-4-14-36(38)48)31-19-22-34-33-12-8-10-18-46(33)53-47(34)27-31/h3-28H,1-2H3. The van der Waals surface area contributed by atoms with Gasteiger partial charge in [0, 0.05) is 36.4 Å². The first-order valence-corrected chi connectivity index (χ1v) is 19.2. The van der Waals surface area contributed by atoms with Gasteiger partial charge in [0.15, 0.2) is 0 Å². The van der Waals surface area contributed by atoms with Crippen LogP contribution in [0.4, 0.5) is 0 Å². The van der Waals surface area contributed by atoms with E-state index in [4.69, 9.17) is 4.42 Å². The zero-order valence-corrected chi connectivity index (χ0v) is 30.1. The van der Waals surface area contributed by atoms with Crippen LogP contribution in [0.1, 0.15) is 25.0 Å². The van der Waals surface area contributed by atoms with E-state index in [9.17, 15) is 0 Å². The van der Waals surface area contributed by atoms with Crippen molar-refractivity contribution in [3.05, 3.63) is 169 Å². The third-order valence-corrected chi connectivity index (χ3v) is 13.2. The van der Waals surface area contributed by atoms with Crippen LogP contribution in [0.25, 0.3) is 108 Å². The van der Waals surface area contributed by atoms with Crippen LogP contribution in [-0.4, -0.2) is 0 Å². The van der Waals surface area contributed by atoms with Gasteiger partial charge in [-0.25, -0.2) is 0 Å². The minimum absolute atomic E-state index is 0.159. The average molecular weight is 693 g/mol. The number of thiophene rings is 1. The van der Waals surface area contributed by atoms with Crippen molar-refractivity contribution < 1.29 is 4.42 Å². The summed E-state index contributed by atoms with van der Waals surface area (Å²) in [5, 5.41) is 12.6. The van der Waals surface area contributed by atoms with Crippen LogP contribution < -0.4 is 0 Å². The Morgan fingerprint density at radius 3 is 1.74 bits per heavy atom. The number of rotatable bonds is 2. The lowest BCUT2D eigenvalue weighted by molar-refractivity contribution is 0.661. The van der Waals surface area contributed by atoms with Crippen LogP contribution in [-0.2, 0) is 5.41 Å². The normalized spacial score (nSPS) is 13.6. The number of hydrogen-bond donors (Lipinski definition) is 0. The van der Waals surface area contributed by atoms with Gasteiger partial charge in [0.05, 0.1) is 0 Å². The van der Waals surface area contributed by atoms with Crippen molar-refractivity contribution in [3.8, 4) is 33.4 Å². The molecule has 0 atom stereocenters. The monoisotopic (exact) mass is 692 g/mol. The Morgan fingerprint density at radius 1 is 0.396 bits per heavy atom. The van der Waals surface area contributed by atoms with Gasteiger partial charge in [-0.05, 0) is 113 Å². The van der Waals surface area contributed by atoms with Crippen molar-refractivity contribution in [1.29, 1.82) is 0 Å². The molecule has 1 aliphatic rings. The largest absolute Gasteiger partial charge is 0.456 e. The zero-order chi connectivity index (χ0) is 35.0. The number of para-hydroxylation sites is 1. The lowest BCUT2D eigenvalue weighted by Crippen LogP contribution is -2.15. The molecule has 1 nitrogen and oxygen atoms in total. The van der Waals surface area contributed by atoms with E-state index in [1.807, 2.05) is 17.4 Å². The van der Waals surface area contributed by atoms with Gasteiger partial charge in [-0.3, -0.25) is 0 Å². The van der Waals surface area contributed by atoms with E-state index >= 15 is 0 Å². The molecule has 11 aromatic rings. The predicted molar refractivity (Wildman–Crippen MR) is 228 cm³/mol. The van der Waals surface area contributed by atoms with Gasteiger partial charge in [-0.15, -0.1) is 11.3 Å². The highest BCUT2D eigenvalue weighted by atomic mass is 32.1. The summed E-state index contributed by atoms with van der Waals surface area (Å²) in [5.41, 5.74) is 12.3. The fourth-order valence-electron chi connectivity index (χ4n) is 9.57. The molecule has 0 radical (unpaired) electrons. The fraction of sp³-hybridized carbons (Fsp3) is 0.0588. The fourth-order valence-corrected chi connectivity index (χ4v) is 10.7. The van der Waals surface area contributed by atoms with E-state index in [1.54, 1.807) is 0 Å². The molecule has 9 aromatic carbocycles. The van der Waals surface area contributed by atoms with Crippen molar-refractivity contribution in [1.82, 2.24) is 0 Å². The van der Waals surface area contributed by atoms with Gasteiger partial charge < -0.3 is 4.42 Å². The van der Waals surface area contributed by atoms with Crippen molar-refractivity contribution in [2.24, 2.45) is 0 Å². The highest BCUT2D eigenvalue weighted by molar-refractivity contribution is 7.25. The van der Waals surface area contributed by atoms with Gasteiger partial charge in [-0.2, -0.15) is 0 Å². The molecule has 0 bridgehead atoms. The second-order valence-corrected chi connectivity index (χ2v) is 16.3. The number of benzene rings is 9. The summed E-state index contributed by atoms with van der Waals surface area (Å²) in [4.78, 5) is 0. The minimum Gasteiger partial charge on any atom is -0.456 e. The van der Waals surface area contributed by atoms with Crippen LogP contribution in [0.5, 0.6) is 0 Å². The van der Waals surface area contributed by atoms with E-state index < -0.39 is 0 Å². The molecule has 0 saturated heterocycles. The van der Waals surface area contributed by atoms with E-state index in [2.05, 4.69) is 166 Å². The highest BCUT2D eigenvalue weighted by Gasteiger charge is 2.37. The van der Waals surface area contributed by atoms with E-state index in [0.29, 0.717) is 0 Å². The smallest absolute Gasteiger partial charge is 0.136 e. The summed E-state index contributed by atoms with van der Waals surface area (Å²) < 4.78 is 8.96. The maximum absolute atomic E-state index is 6.29. The molecule has 0 amide bonds. The Morgan fingerprint density at radius 2 is 1.00 bits per heavy atom. The van der Waals surface area contributed by atoms with Gasteiger partial charge in [0.2, 0.25) is 0 Å². The summed E-state index contributed by atoms with van der Waals surface area (Å²) >= 11 is 1.88. The molecule has 0 saturated carbocycles. The average Bonchev–Trinajstić information content (AvgIpc) is 3.82. The quantitative estimate of drug-likeness (QED) is 0.164. The third-order valence-electron chi connectivity index (χ3n) is 12.0. The molecule has 2 heteroatoms. The maximum Gasteiger partial charge on any atom is 0.136 e. The van der Waals surface area contributed by atoms with E-state index in [-0.39, 0.29) is 5.41 Å². The first kappa shape index (κ1) is 29.4. The summed E-state index contributed by atoms with van der Waals surface area (Å²) in [6, 6.07) is 58.7. The second kappa shape index (κ2) is 10.4. The summed E-state index contributed by atoms with van der Waals surface area (Å²) in [6.45, 7) is 4.78. The Balaban J connectivity index is 1.09. The van der Waals surface area contributed by atoms with Crippen LogP contribution in [0, 0.1) is 0 Å². The van der Waals surface area contributed by atoms with Crippen LogP contribution in [0.3, 0.4) is 0 Å². The van der Waals surface area contributed by atoms with E-state index in [1.165, 1.54) is 108 Å².